The van der Waals surface area contributed by atoms with Gasteiger partial charge in [-0.25, -0.2) is 0 Å². The Labute approximate surface area is 122 Å². The normalized spacial score (nSPS) is 16.8. The Bertz CT molecular complexity index is 385. The molecule has 0 aromatic carbocycles. The van der Waals surface area contributed by atoms with Crippen LogP contribution in [0.2, 0.25) is 0 Å². The van der Waals surface area contributed by atoms with Crippen molar-refractivity contribution >= 4 is 6.01 Å². The highest BCUT2D eigenvalue weighted by molar-refractivity contribution is 5.21. The van der Waals surface area contributed by atoms with Gasteiger partial charge in [0.05, 0.1) is 6.54 Å². The molecular weight excluding hydrogens is 252 g/mol. The van der Waals surface area contributed by atoms with Crippen molar-refractivity contribution in [1.29, 1.82) is 0 Å². The second-order valence-corrected chi connectivity index (χ2v) is 6.39. The fourth-order valence-corrected chi connectivity index (χ4v) is 2.77. The van der Waals surface area contributed by atoms with Gasteiger partial charge in [0.1, 0.15) is 0 Å². The Morgan fingerprint density at radius 3 is 2.70 bits per heavy atom. The van der Waals surface area contributed by atoms with Crippen LogP contribution in [0.4, 0.5) is 6.01 Å². The highest BCUT2D eigenvalue weighted by Gasteiger charge is 2.18. The molecule has 114 valence electrons. The first-order valence-electron chi connectivity index (χ1n) is 7.89. The molecule has 1 aromatic rings. The third-order valence-corrected chi connectivity index (χ3v) is 3.87. The summed E-state index contributed by atoms with van der Waals surface area (Å²) >= 11 is 0. The maximum absolute atomic E-state index is 5.71. The number of nitrogens with zero attached hydrogens (tertiary/aromatic N) is 3. The van der Waals surface area contributed by atoms with Crippen molar-refractivity contribution in [3.63, 3.8) is 0 Å². The lowest BCUT2D eigenvalue weighted by atomic mass is 9.89. The molecule has 1 heterocycles. The standard InChI is InChI=1S/C15H28N4O/c1-12(2)9-16-10-14-17-18-15(20-14)19(3)11-13-7-5-4-6-8-13/h12-13,16H,4-11H2,1-3H3. The number of rotatable bonds is 7. The van der Waals surface area contributed by atoms with Gasteiger partial charge in [0.25, 0.3) is 0 Å². The van der Waals surface area contributed by atoms with E-state index in [0.717, 1.165) is 19.0 Å². The summed E-state index contributed by atoms with van der Waals surface area (Å²) in [5.74, 6) is 2.09. The molecule has 0 atom stereocenters. The Hall–Kier alpha value is -1.10. The molecule has 5 heteroatoms. The van der Waals surface area contributed by atoms with Crippen LogP contribution in [0.3, 0.4) is 0 Å². The monoisotopic (exact) mass is 280 g/mol. The summed E-state index contributed by atoms with van der Waals surface area (Å²) in [5, 5.41) is 11.6. The molecule has 1 fully saturated rings. The second kappa shape index (κ2) is 7.62. The zero-order chi connectivity index (χ0) is 14.4. The van der Waals surface area contributed by atoms with Crippen LogP contribution in [-0.4, -0.2) is 30.3 Å². The highest BCUT2D eigenvalue weighted by Crippen LogP contribution is 2.25. The van der Waals surface area contributed by atoms with Crippen LogP contribution < -0.4 is 10.2 Å². The van der Waals surface area contributed by atoms with E-state index in [2.05, 4.69) is 34.3 Å². The molecule has 2 rings (SSSR count). The van der Waals surface area contributed by atoms with E-state index >= 15 is 0 Å². The Morgan fingerprint density at radius 1 is 1.25 bits per heavy atom. The molecule has 1 N–H and O–H groups in total. The lowest BCUT2D eigenvalue weighted by molar-refractivity contribution is 0.354. The predicted octanol–water partition coefficient (Wildman–Crippen LogP) is 2.83. The second-order valence-electron chi connectivity index (χ2n) is 6.39. The smallest absolute Gasteiger partial charge is 0.317 e. The van der Waals surface area contributed by atoms with Crippen LogP contribution in [0.5, 0.6) is 0 Å². The summed E-state index contributed by atoms with van der Waals surface area (Å²) in [6.45, 7) is 7.02. The summed E-state index contributed by atoms with van der Waals surface area (Å²) < 4.78 is 5.71. The van der Waals surface area contributed by atoms with E-state index < -0.39 is 0 Å². The Kier molecular flexibility index (Phi) is 5.83. The van der Waals surface area contributed by atoms with E-state index in [4.69, 9.17) is 4.42 Å². The van der Waals surface area contributed by atoms with E-state index in [1.165, 1.54) is 32.1 Å². The molecular formula is C15H28N4O. The van der Waals surface area contributed by atoms with Crippen molar-refractivity contribution in [2.24, 2.45) is 11.8 Å². The molecule has 0 unspecified atom stereocenters. The quantitative estimate of drug-likeness (QED) is 0.832. The fourth-order valence-electron chi connectivity index (χ4n) is 2.77. The van der Waals surface area contributed by atoms with Gasteiger partial charge in [-0.15, -0.1) is 5.10 Å². The van der Waals surface area contributed by atoms with Crippen molar-refractivity contribution in [3.8, 4) is 0 Å². The van der Waals surface area contributed by atoms with Crippen LogP contribution in [0.15, 0.2) is 4.42 Å². The number of hydrogen-bond acceptors (Lipinski definition) is 5. The number of aromatic nitrogens is 2. The number of hydrogen-bond donors (Lipinski definition) is 1. The van der Waals surface area contributed by atoms with Crippen molar-refractivity contribution in [2.75, 3.05) is 25.0 Å². The minimum absolute atomic E-state index is 0.631. The summed E-state index contributed by atoms with van der Waals surface area (Å²) in [4.78, 5) is 2.11. The van der Waals surface area contributed by atoms with Gasteiger partial charge in [0, 0.05) is 13.6 Å². The van der Waals surface area contributed by atoms with Crippen LogP contribution in [0.25, 0.3) is 0 Å². The largest absolute Gasteiger partial charge is 0.407 e. The first kappa shape index (κ1) is 15.3. The lowest BCUT2D eigenvalue weighted by Gasteiger charge is -2.25. The molecule has 0 amide bonds. The van der Waals surface area contributed by atoms with Crippen molar-refractivity contribution in [1.82, 2.24) is 15.5 Å². The van der Waals surface area contributed by atoms with E-state index in [-0.39, 0.29) is 0 Å². The number of anilines is 1. The molecule has 1 aliphatic carbocycles. The third-order valence-electron chi connectivity index (χ3n) is 3.87. The van der Waals surface area contributed by atoms with Gasteiger partial charge in [-0.3, -0.25) is 0 Å². The van der Waals surface area contributed by atoms with Crippen molar-refractivity contribution in [2.45, 2.75) is 52.5 Å². The van der Waals surface area contributed by atoms with Crippen molar-refractivity contribution < 1.29 is 4.42 Å². The minimum atomic E-state index is 0.631. The zero-order valence-corrected chi connectivity index (χ0v) is 13.1. The topological polar surface area (TPSA) is 54.2 Å². The number of nitrogens with one attached hydrogen (secondary N) is 1. The van der Waals surface area contributed by atoms with E-state index in [9.17, 15) is 0 Å². The summed E-state index contributed by atoms with van der Waals surface area (Å²) in [5.41, 5.74) is 0. The predicted molar refractivity (Wildman–Crippen MR) is 80.7 cm³/mol. The molecule has 1 aromatic heterocycles. The van der Waals surface area contributed by atoms with Gasteiger partial charge in [0.15, 0.2) is 0 Å². The molecule has 0 aliphatic heterocycles. The van der Waals surface area contributed by atoms with Gasteiger partial charge < -0.3 is 14.6 Å². The Balaban J connectivity index is 1.78. The Morgan fingerprint density at radius 2 is 2.00 bits per heavy atom. The van der Waals surface area contributed by atoms with Gasteiger partial charge in [0.2, 0.25) is 5.89 Å². The van der Waals surface area contributed by atoms with Crippen molar-refractivity contribution in [3.05, 3.63) is 5.89 Å². The maximum atomic E-state index is 5.71. The first-order valence-corrected chi connectivity index (χ1v) is 7.89. The van der Waals surface area contributed by atoms with E-state index in [1.54, 1.807) is 0 Å². The summed E-state index contributed by atoms with van der Waals surface area (Å²) in [6, 6.07) is 0.650. The zero-order valence-electron chi connectivity index (χ0n) is 13.1. The molecule has 0 radical (unpaired) electrons. The first-order chi connectivity index (χ1) is 9.65. The van der Waals surface area contributed by atoms with E-state index in [0.29, 0.717) is 24.4 Å². The third kappa shape index (κ3) is 4.78. The average molecular weight is 280 g/mol. The molecule has 5 nitrogen and oxygen atoms in total. The SMILES string of the molecule is CC(C)CNCc1nnc(N(C)CC2CCCCC2)o1. The molecule has 0 saturated heterocycles. The van der Waals surface area contributed by atoms with Gasteiger partial charge in [-0.1, -0.05) is 38.2 Å². The van der Waals surface area contributed by atoms with Crippen LogP contribution >= 0.6 is 0 Å². The molecule has 20 heavy (non-hydrogen) atoms. The van der Waals surface area contributed by atoms with Gasteiger partial charge >= 0.3 is 6.01 Å². The maximum Gasteiger partial charge on any atom is 0.317 e. The van der Waals surface area contributed by atoms with Gasteiger partial charge in [-0.05, 0) is 31.2 Å². The fraction of sp³-hybridized carbons (Fsp3) is 0.867. The summed E-state index contributed by atoms with van der Waals surface area (Å²) in [7, 11) is 2.05. The highest BCUT2D eigenvalue weighted by atomic mass is 16.4. The molecule has 1 aliphatic rings. The summed E-state index contributed by atoms with van der Waals surface area (Å²) in [6.07, 6.45) is 6.80. The average Bonchev–Trinajstić information content (AvgIpc) is 2.88. The van der Waals surface area contributed by atoms with Gasteiger partial charge in [-0.2, -0.15) is 0 Å². The molecule has 1 saturated carbocycles. The molecule has 0 spiro atoms. The lowest BCUT2D eigenvalue weighted by Crippen LogP contribution is -2.27. The molecule has 0 bridgehead atoms. The van der Waals surface area contributed by atoms with E-state index in [1.807, 2.05) is 7.05 Å². The minimum Gasteiger partial charge on any atom is -0.407 e. The van der Waals surface area contributed by atoms with Crippen LogP contribution in [-0.2, 0) is 6.54 Å². The van der Waals surface area contributed by atoms with Crippen LogP contribution in [0.1, 0.15) is 51.8 Å². The van der Waals surface area contributed by atoms with Crippen LogP contribution in [0, 0.1) is 11.8 Å².